The topological polar surface area (TPSA) is 84.6 Å². The van der Waals surface area contributed by atoms with Crippen LogP contribution in [0.3, 0.4) is 0 Å². The van der Waals surface area contributed by atoms with Gasteiger partial charge in [0.05, 0.1) is 11.9 Å². The number of aryl methyl sites for hydroxylation is 1. The summed E-state index contributed by atoms with van der Waals surface area (Å²) in [4.78, 5) is 12.7. The fraction of sp³-hybridized carbons (Fsp3) is 0.522. The van der Waals surface area contributed by atoms with Crippen LogP contribution in [-0.4, -0.2) is 25.1 Å². The third-order valence-electron chi connectivity index (χ3n) is 6.32. The van der Waals surface area contributed by atoms with Gasteiger partial charge in [-0.3, -0.25) is 4.79 Å². The van der Waals surface area contributed by atoms with E-state index in [0.717, 1.165) is 24.8 Å². The molecular formula is C23H28O5S. The van der Waals surface area contributed by atoms with Gasteiger partial charge in [0.25, 0.3) is 0 Å². The number of hydrogen-bond donors (Lipinski definition) is 1. The van der Waals surface area contributed by atoms with Crippen molar-refractivity contribution in [3.63, 3.8) is 0 Å². The molecule has 0 bridgehead atoms. The van der Waals surface area contributed by atoms with Crippen LogP contribution in [0.25, 0.3) is 0 Å². The quantitative estimate of drug-likeness (QED) is 0.712. The van der Waals surface area contributed by atoms with Crippen molar-refractivity contribution in [3.05, 3.63) is 52.3 Å². The lowest BCUT2D eigenvalue weighted by atomic mass is 9.75. The van der Waals surface area contributed by atoms with E-state index in [4.69, 9.17) is 4.42 Å². The molecule has 1 saturated carbocycles. The fourth-order valence-corrected chi connectivity index (χ4v) is 5.34. The van der Waals surface area contributed by atoms with E-state index < -0.39 is 21.2 Å². The number of benzene rings is 1. The lowest BCUT2D eigenvalue weighted by molar-refractivity contribution is -0.116. The second-order valence-corrected chi connectivity index (χ2v) is 11.0. The van der Waals surface area contributed by atoms with Crippen molar-refractivity contribution in [1.29, 1.82) is 0 Å². The molecular weight excluding hydrogens is 388 g/mol. The lowest BCUT2D eigenvalue weighted by Crippen LogP contribution is -2.23. The van der Waals surface area contributed by atoms with Crippen LogP contribution >= 0.6 is 0 Å². The van der Waals surface area contributed by atoms with E-state index in [2.05, 4.69) is 12.1 Å². The van der Waals surface area contributed by atoms with Gasteiger partial charge in [-0.1, -0.05) is 31.4 Å². The molecule has 1 N–H and O–H groups in total. The number of ketones is 1. The van der Waals surface area contributed by atoms with Crippen molar-refractivity contribution in [3.8, 4) is 0 Å². The molecule has 1 heterocycles. The van der Waals surface area contributed by atoms with Crippen molar-refractivity contribution in [2.45, 2.75) is 69.5 Å². The number of rotatable bonds is 8. The minimum absolute atomic E-state index is 0.156. The van der Waals surface area contributed by atoms with Gasteiger partial charge in [-0.05, 0) is 61.3 Å². The van der Waals surface area contributed by atoms with Crippen molar-refractivity contribution in [1.82, 2.24) is 0 Å². The molecule has 156 valence electrons. The fourth-order valence-electron chi connectivity index (χ4n) is 4.17. The average molecular weight is 417 g/mol. The normalized spacial score (nSPS) is 16.8. The Balaban J connectivity index is 1.51. The molecule has 0 atom stereocenters. The first kappa shape index (κ1) is 20.4. The van der Waals surface area contributed by atoms with E-state index in [1.165, 1.54) is 48.3 Å². The number of fused-ring (bicyclic) bond motifs is 1. The van der Waals surface area contributed by atoms with Crippen LogP contribution < -0.4 is 0 Å². The third-order valence-corrected chi connectivity index (χ3v) is 7.85. The maximum Gasteiger partial charge on any atom is 0.218 e. The van der Waals surface area contributed by atoms with E-state index in [-0.39, 0.29) is 17.3 Å². The Labute approximate surface area is 172 Å². The van der Waals surface area contributed by atoms with Crippen molar-refractivity contribution in [2.24, 2.45) is 5.92 Å². The van der Waals surface area contributed by atoms with Gasteiger partial charge in [0.15, 0.2) is 5.78 Å². The second kappa shape index (κ2) is 7.40. The summed E-state index contributed by atoms with van der Waals surface area (Å²) in [5.41, 5.74) is 3.96. The van der Waals surface area contributed by atoms with E-state index in [0.29, 0.717) is 11.5 Å². The largest absolute Gasteiger partial charge is 0.453 e. The molecule has 1 aromatic heterocycles. The van der Waals surface area contributed by atoms with Gasteiger partial charge >= 0.3 is 0 Å². The van der Waals surface area contributed by atoms with Crippen LogP contribution in [0.2, 0.25) is 0 Å². The summed E-state index contributed by atoms with van der Waals surface area (Å²) in [5.74, 6) is -0.214. The Hall–Kier alpha value is -1.92. The number of furan rings is 1. The zero-order valence-corrected chi connectivity index (χ0v) is 17.8. The Kier molecular flexibility index (Phi) is 5.20. The molecule has 2 aromatic rings. The SMILES string of the molecule is CC(C)(O)c1coc(S(=O)(=O)CC(=O)Cc2c(CC3CCC3)ccc3c2CC3)c1. The Morgan fingerprint density at radius 2 is 2.00 bits per heavy atom. The van der Waals surface area contributed by atoms with Crippen molar-refractivity contribution in [2.75, 3.05) is 5.75 Å². The molecule has 0 unspecified atom stereocenters. The van der Waals surface area contributed by atoms with Gasteiger partial charge in [-0.15, -0.1) is 0 Å². The zero-order valence-electron chi connectivity index (χ0n) is 17.0. The average Bonchev–Trinajstić information content (AvgIpc) is 3.04. The van der Waals surface area contributed by atoms with Gasteiger partial charge in [0, 0.05) is 18.1 Å². The summed E-state index contributed by atoms with van der Waals surface area (Å²) in [5, 5.41) is 9.75. The number of carbonyl (C=O) groups is 1. The molecule has 29 heavy (non-hydrogen) atoms. The smallest absolute Gasteiger partial charge is 0.218 e. The van der Waals surface area contributed by atoms with Gasteiger partial charge in [-0.25, -0.2) is 8.42 Å². The first-order chi connectivity index (χ1) is 13.6. The summed E-state index contributed by atoms with van der Waals surface area (Å²) >= 11 is 0. The number of aliphatic hydroxyl groups is 1. The highest BCUT2D eigenvalue weighted by Crippen LogP contribution is 2.35. The second-order valence-electron chi connectivity index (χ2n) is 9.03. The van der Waals surface area contributed by atoms with E-state index in [9.17, 15) is 18.3 Å². The Morgan fingerprint density at radius 1 is 1.24 bits per heavy atom. The van der Waals surface area contributed by atoms with Crippen LogP contribution in [0.5, 0.6) is 0 Å². The Morgan fingerprint density at radius 3 is 2.55 bits per heavy atom. The predicted molar refractivity (Wildman–Crippen MR) is 110 cm³/mol. The molecule has 0 amide bonds. The third kappa shape index (κ3) is 4.19. The van der Waals surface area contributed by atoms with Gasteiger partial charge in [0.1, 0.15) is 5.75 Å². The molecule has 6 heteroatoms. The van der Waals surface area contributed by atoms with Crippen LogP contribution in [0.1, 0.15) is 60.9 Å². The minimum atomic E-state index is -3.88. The molecule has 0 spiro atoms. The monoisotopic (exact) mass is 416 g/mol. The van der Waals surface area contributed by atoms with Crippen molar-refractivity contribution >= 4 is 15.6 Å². The molecule has 0 radical (unpaired) electrons. The molecule has 0 aliphatic heterocycles. The summed E-state index contributed by atoms with van der Waals surface area (Å²) in [6.45, 7) is 3.10. The number of carbonyl (C=O) groups excluding carboxylic acids is 1. The molecule has 2 aliphatic rings. The van der Waals surface area contributed by atoms with Crippen LogP contribution in [-0.2, 0) is 45.9 Å². The van der Waals surface area contributed by atoms with E-state index in [1.807, 2.05) is 0 Å². The maximum absolute atomic E-state index is 12.7. The van der Waals surface area contributed by atoms with Gasteiger partial charge in [-0.2, -0.15) is 0 Å². The van der Waals surface area contributed by atoms with Crippen LogP contribution in [0.15, 0.2) is 34.0 Å². The molecule has 0 saturated heterocycles. The molecule has 1 fully saturated rings. The Bertz CT molecular complexity index is 1040. The summed E-state index contributed by atoms with van der Waals surface area (Å²) in [6.07, 6.45) is 8.12. The highest BCUT2D eigenvalue weighted by Gasteiger charge is 2.29. The van der Waals surface area contributed by atoms with Gasteiger partial charge in [0.2, 0.25) is 14.9 Å². The summed E-state index contributed by atoms with van der Waals surface area (Å²) in [7, 11) is -3.88. The molecule has 4 rings (SSSR count). The van der Waals surface area contributed by atoms with Gasteiger partial charge < -0.3 is 9.52 Å². The summed E-state index contributed by atoms with van der Waals surface area (Å²) < 4.78 is 30.5. The number of Topliss-reactive ketones (excluding diaryl/α,β-unsaturated/α-hetero) is 1. The first-order valence-electron chi connectivity index (χ1n) is 10.3. The molecule has 2 aliphatic carbocycles. The standard InChI is InChI=1S/C23H28O5S/c1-23(2,25)18-11-22(28-13-18)29(26,27)14-19(24)12-21-17(10-15-4-3-5-15)7-6-16-8-9-20(16)21/h6-7,11,13,15,25H,3-5,8-10,12,14H2,1-2H3. The highest BCUT2D eigenvalue weighted by atomic mass is 32.2. The zero-order chi connectivity index (χ0) is 20.8. The van der Waals surface area contributed by atoms with E-state index >= 15 is 0 Å². The van der Waals surface area contributed by atoms with Crippen molar-refractivity contribution < 1.29 is 22.7 Å². The lowest BCUT2D eigenvalue weighted by Gasteiger charge is -2.29. The minimum Gasteiger partial charge on any atom is -0.453 e. The number of sulfone groups is 1. The molecule has 1 aromatic carbocycles. The van der Waals surface area contributed by atoms with E-state index in [1.54, 1.807) is 13.8 Å². The maximum atomic E-state index is 12.7. The first-order valence-corrected chi connectivity index (χ1v) is 12.0. The van der Waals surface area contributed by atoms with Crippen LogP contribution in [0, 0.1) is 5.92 Å². The number of hydrogen-bond acceptors (Lipinski definition) is 5. The van der Waals surface area contributed by atoms with Crippen LogP contribution in [0.4, 0.5) is 0 Å². The highest BCUT2D eigenvalue weighted by molar-refractivity contribution is 7.92. The molecule has 5 nitrogen and oxygen atoms in total. The predicted octanol–water partition coefficient (Wildman–Crippen LogP) is 3.53. The summed E-state index contributed by atoms with van der Waals surface area (Å²) in [6, 6.07) is 5.61.